The number of unbranched alkanes of at least 4 members (excludes halogenated alkanes) is 2. The highest BCUT2D eigenvalue weighted by molar-refractivity contribution is 7.91. The van der Waals surface area contributed by atoms with Crippen molar-refractivity contribution in [3.8, 4) is 5.75 Å². The SMILES string of the molecule is CCCCC1(CCCC)CN(c2ccccc2)c2cc(N(C)C)c(OC=CC(=O)O)cc2S(=O)(=O)C1. The fourth-order valence-electron chi connectivity index (χ4n) is 4.92. The second-order valence-corrected chi connectivity index (χ2v) is 11.8. The molecule has 0 atom stereocenters. The minimum Gasteiger partial charge on any atom is -0.478 e. The molecule has 1 aliphatic heterocycles. The third-order valence-electron chi connectivity index (χ3n) is 6.73. The standard InChI is InChI=1S/C28H38N2O5S/c1-5-7-15-28(16-8-6-2)20-30(22-12-10-9-11-13-22)24-18-23(29(3)4)25(35-17-14-27(31)32)19-26(24)36(33,34)21-28/h9-14,17-19H,5-8,15-16,20-21H2,1-4H3,(H,31,32). The first-order chi connectivity index (χ1) is 17.1. The van der Waals surface area contributed by atoms with Crippen LogP contribution in [0.15, 0.2) is 59.7 Å². The van der Waals surface area contributed by atoms with E-state index in [1.165, 1.54) is 0 Å². The maximum atomic E-state index is 14.0. The molecule has 3 rings (SSSR count). The third-order valence-corrected chi connectivity index (χ3v) is 8.72. The second-order valence-electron chi connectivity index (χ2n) is 9.83. The Bertz CT molecular complexity index is 1170. The fourth-order valence-corrected chi connectivity index (χ4v) is 7.04. The summed E-state index contributed by atoms with van der Waals surface area (Å²) in [6, 6.07) is 13.3. The topological polar surface area (TPSA) is 87.2 Å². The van der Waals surface area contributed by atoms with Gasteiger partial charge in [-0.3, -0.25) is 0 Å². The van der Waals surface area contributed by atoms with Crippen LogP contribution in [0.25, 0.3) is 0 Å². The maximum absolute atomic E-state index is 14.0. The van der Waals surface area contributed by atoms with Crippen molar-refractivity contribution in [2.45, 2.75) is 57.3 Å². The van der Waals surface area contributed by atoms with E-state index >= 15 is 0 Å². The van der Waals surface area contributed by atoms with Gasteiger partial charge in [-0.05, 0) is 31.0 Å². The number of rotatable bonds is 11. The summed E-state index contributed by atoms with van der Waals surface area (Å²) in [6.45, 7) is 4.88. The molecule has 0 spiro atoms. The zero-order chi connectivity index (χ0) is 26.3. The number of hydrogen-bond acceptors (Lipinski definition) is 6. The summed E-state index contributed by atoms with van der Waals surface area (Å²) in [6.07, 6.45) is 7.58. The lowest BCUT2D eigenvalue weighted by Gasteiger charge is -2.37. The Morgan fingerprint density at radius 1 is 1.11 bits per heavy atom. The van der Waals surface area contributed by atoms with Gasteiger partial charge in [0.15, 0.2) is 15.6 Å². The van der Waals surface area contributed by atoms with E-state index in [0.717, 1.165) is 56.6 Å². The Labute approximate surface area is 215 Å². The number of ether oxygens (including phenoxy) is 1. The van der Waals surface area contributed by atoms with Gasteiger partial charge < -0.3 is 19.6 Å². The minimum atomic E-state index is -3.67. The molecule has 8 heteroatoms. The molecule has 196 valence electrons. The van der Waals surface area contributed by atoms with Crippen LogP contribution < -0.4 is 14.5 Å². The van der Waals surface area contributed by atoms with Crippen molar-refractivity contribution in [3.05, 3.63) is 54.8 Å². The maximum Gasteiger partial charge on any atom is 0.331 e. The van der Waals surface area contributed by atoms with E-state index in [1.807, 2.05) is 55.4 Å². The molecule has 1 heterocycles. The molecule has 1 aliphatic rings. The lowest BCUT2D eigenvalue weighted by molar-refractivity contribution is -0.131. The smallest absolute Gasteiger partial charge is 0.331 e. The number of fused-ring (bicyclic) bond motifs is 1. The highest BCUT2D eigenvalue weighted by Gasteiger charge is 2.42. The van der Waals surface area contributed by atoms with Crippen LogP contribution in [-0.2, 0) is 14.6 Å². The van der Waals surface area contributed by atoms with Crippen LogP contribution in [0.5, 0.6) is 5.75 Å². The molecule has 0 saturated heterocycles. The van der Waals surface area contributed by atoms with Crippen LogP contribution in [0.2, 0.25) is 0 Å². The number of para-hydroxylation sites is 1. The number of carbonyl (C=O) groups is 1. The molecule has 0 aromatic heterocycles. The van der Waals surface area contributed by atoms with Gasteiger partial charge in [0.05, 0.1) is 34.4 Å². The van der Waals surface area contributed by atoms with Crippen molar-refractivity contribution in [2.24, 2.45) is 5.41 Å². The van der Waals surface area contributed by atoms with Gasteiger partial charge in [-0.25, -0.2) is 13.2 Å². The Hall–Kier alpha value is -3.00. The van der Waals surface area contributed by atoms with Gasteiger partial charge in [0.25, 0.3) is 0 Å². The van der Waals surface area contributed by atoms with Crippen LogP contribution in [0.4, 0.5) is 17.1 Å². The average Bonchev–Trinajstić information content (AvgIpc) is 2.93. The number of benzene rings is 2. The summed E-state index contributed by atoms with van der Waals surface area (Å²) < 4.78 is 33.7. The van der Waals surface area contributed by atoms with E-state index in [2.05, 4.69) is 18.7 Å². The van der Waals surface area contributed by atoms with Crippen molar-refractivity contribution in [1.29, 1.82) is 0 Å². The monoisotopic (exact) mass is 514 g/mol. The second kappa shape index (κ2) is 11.8. The molecule has 36 heavy (non-hydrogen) atoms. The summed E-state index contributed by atoms with van der Waals surface area (Å²) in [5.41, 5.74) is 1.84. The van der Waals surface area contributed by atoms with Gasteiger partial charge in [-0.1, -0.05) is 57.7 Å². The number of aliphatic carboxylic acids is 1. The molecule has 0 unspecified atom stereocenters. The summed E-state index contributed by atoms with van der Waals surface area (Å²) >= 11 is 0. The summed E-state index contributed by atoms with van der Waals surface area (Å²) in [5, 5.41) is 8.96. The van der Waals surface area contributed by atoms with Gasteiger partial charge in [-0.2, -0.15) is 0 Å². The number of nitrogens with zero attached hydrogens (tertiary/aromatic N) is 2. The molecular formula is C28H38N2O5S. The van der Waals surface area contributed by atoms with E-state index in [9.17, 15) is 13.2 Å². The van der Waals surface area contributed by atoms with Gasteiger partial charge in [0.1, 0.15) is 0 Å². The highest BCUT2D eigenvalue weighted by atomic mass is 32.2. The van der Waals surface area contributed by atoms with Crippen LogP contribution in [0.1, 0.15) is 52.4 Å². The van der Waals surface area contributed by atoms with Crippen LogP contribution in [0, 0.1) is 5.41 Å². The first-order valence-corrected chi connectivity index (χ1v) is 14.2. The van der Waals surface area contributed by atoms with E-state index in [1.54, 1.807) is 6.07 Å². The molecule has 0 aliphatic carbocycles. The van der Waals surface area contributed by atoms with E-state index in [4.69, 9.17) is 9.84 Å². The fraction of sp³-hybridized carbons (Fsp3) is 0.464. The lowest BCUT2D eigenvalue weighted by atomic mass is 9.79. The Balaban J connectivity index is 2.26. The predicted molar refractivity (Wildman–Crippen MR) is 145 cm³/mol. The average molecular weight is 515 g/mol. The summed E-state index contributed by atoms with van der Waals surface area (Å²) in [7, 11) is 0.0203. The molecule has 0 saturated carbocycles. The van der Waals surface area contributed by atoms with E-state index < -0.39 is 15.8 Å². The summed E-state index contributed by atoms with van der Waals surface area (Å²) in [5.74, 6) is -0.777. The normalized spacial score (nSPS) is 16.4. The van der Waals surface area contributed by atoms with Crippen LogP contribution in [0.3, 0.4) is 0 Å². The largest absolute Gasteiger partial charge is 0.478 e. The summed E-state index contributed by atoms with van der Waals surface area (Å²) in [4.78, 5) is 15.2. The Morgan fingerprint density at radius 2 is 1.75 bits per heavy atom. The zero-order valence-electron chi connectivity index (χ0n) is 21.7. The Morgan fingerprint density at radius 3 is 2.31 bits per heavy atom. The molecule has 2 aromatic carbocycles. The number of carboxylic acids is 1. The predicted octanol–water partition coefficient (Wildman–Crippen LogP) is 6.02. The van der Waals surface area contributed by atoms with E-state index in [0.29, 0.717) is 23.7 Å². The van der Waals surface area contributed by atoms with Crippen LogP contribution in [-0.4, -0.2) is 45.9 Å². The van der Waals surface area contributed by atoms with Crippen molar-refractivity contribution in [3.63, 3.8) is 0 Å². The molecule has 7 nitrogen and oxygen atoms in total. The van der Waals surface area contributed by atoms with Gasteiger partial charge in [0.2, 0.25) is 0 Å². The van der Waals surface area contributed by atoms with E-state index in [-0.39, 0.29) is 16.1 Å². The molecule has 0 fully saturated rings. The zero-order valence-corrected chi connectivity index (χ0v) is 22.6. The van der Waals surface area contributed by atoms with Crippen molar-refractivity contribution in [1.82, 2.24) is 0 Å². The Kier molecular flexibility index (Phi) is 9.06. The van der Waals surface area contributed by atoms with Gasteiger partial charge in [-0.15, -0.1) is 0 Å². The molecule has 0 bridgehead atoms. The van der Waals surface area contributed by atoms with Crippen molar-refractivity contribution >= 4 is 32.9 Å². The van der Waals surface area contributed by atoms with Gasteiger partial charge in [0, 0.05) is 37.8 Å². The third kappa shape index (κ3) is 6.40. The van der Waals surface area contributed by atoms with Crippen molar-refractivity contribution < 1.29 is 23.1 Å². The molecule has 0 amide bonds. The van der Waals surface area contributed by atoms with Crippen LogP contribution >= 0.6 is 0 Å². The first-order valence-electron chi connectivity index (χ1n) is 12.6. The molecular weight excluding hydrogens is 476 g/mol. The number of hydrogen-bond donors (Lipinski definition) is 1. The minimum absolute atomic E-state index is 0.0715. The number of sulfone groups is 1. The number of anilines is 3. The molecule has 0 radical (unpaired) electrons. The lowest BCUT2D eigenvalue weighted by Crippen LogP contribution is -2.38. The first kappa shape index (κ1) is 27.6. The number of carboxylic acid groups (broad SMARTS) is 1. The quantitative estimate of drug-likeness (QED) is 0.290. The molecule has 1 N–H and O–H groups in total. The van der Waals surface area contributed by atoms with Crippen molar-refractivity contribution in [2.75, 3.05) is 36.2 Å². The molecule has 2 aromatic rings. The highest BCUT2D eigenvalue weighted by Crippen LogP contribution is 2.48. The van der Waals surface area contributed by atoms with Gasteiger partial charge >= 0.3 is 5.97 Å².